The fraction of sp³-hybridized carbons (Fsp3) is 0.842. The van der Waals surface area contributed by atoms with Crippen LogP contribution in [0.4, 0.5) is 0 Å². The number of carbonyl (C=O) groups is 3. The number of ether oxygens (including phenoxy) is 2. The molecule has 0 radical (unpaired) electrons. The van der Waals surface area contributed by atoms with Gasteiger partial charge in [-0.3, -0.25) is 14.4 Å². The van der Waals surface area contributed by atoms with Crippen molar-refractivity contribution in [2.75, 3.05) is 26.4 Å². The lowest BCUT2D eigenvalue weighted by Crippen LogP contribution is -2.41. The zero-order chi connectivity index (χ0) is 19.5. The molecule has 7 nitrogen and oxygen atoms in total. The van der Waals surface area contributed by atoms with Gasteiger partial charge < -0.3 is 20.1 Å². The van der Waals surface area contributed by atoms with Crippen LogP contribution in [0.5, 0.6) is 0 Å². The number of carbonyl (C=O) groups excluding carboxylic acids is 3. The van der Waals surface area contributed by atoms with Crippen LogP contribution in [0.25, 0.3) is 0 Å². The number of hydrogen-bond acceptors (Lipinski definition) is 5. The third-order valence-corrected chi connectivity index (χ3v) is 4.41. The van der Waals surface area contributed by atoms with Crippen LogP contribution in [-0.4, -0.2) is 56.1 Å². The lowest BCUT2D eigenvalue weighted by atomic mass is 9.80. The van der Waals surface area contributed by atoms with Crippen molar-refractivity contribution >= 4 is 17.6 Å². The smallest absolute Gasteiger partial charge is 0.246 e. The summed E-state index contributed by atoms with van der Waals surface area (Å²) in [6, 6.07) is 0.121. The van der Waals surface area contributed by atoms with E-state index in [0.717, 1.165) is 25.7 Å². The normalized spacial score (nSPS) is 20.2. The van der Waals surface area contributed by atoms with Gasteiger partial charge in [0.25, 0.3) is 0 Å². The van der Waals surface area contributed by atoms with Gasteiger partial charge in [-0.05, 0) is 39.5 Å². The summed E-state index contributed by atoms with van der Waals surface area (Å²) in [6.45, 7) is 8.23. The van der Waals surface area contributed by atoms with Gasteiger partial charge in [-0.15, -0.1) is 0 Å². The van der Waals surface area contributed by atoms with Gasteiger partial charge in [0.2, 0.25) is 11.8 Å². The summed E-state index contributed by atoms with van der Waals surface area (Å²) in [7, 11) is 0. The molecule has 0 aromatic rings. The Kier molecular flexibility index (Phi) is 10.4. The monoisotopic (exact) mass is 374 g/mol. The molecule has 2 N–H and O–H groups in total. The number of rotatable bonds is 11. The zero-order valence-corrected chi connectivity index (χ0v) is 16.5. The Morgan fingerprint density at radius 1 is 1.00 bits per heavy atom. The number of ketones is 1. The second-order valence-corrected chi connectivity index (χ2v) is 7.44. The molecule has 154 valence electrons. The van der Waals surface area contributed by atoms with Crippen molar-refractivity contribution in [3.8, 4) is 0 Å². The fourth-order valence-electron chi connectivity index (χ4n) is 2.98. The van der Waals surface area contributed by atoms with Crippen molar-refractivity contribution in [3.63, 3.8) is 0 Å². The van der Waals surface area contributed by atoms with Gasteiger partial charge in [-0.2, -0.15) is 0 Å². The summed E-state index contributed by atoms with van der Waals surface area (Å²) in [4.78, 5) is 35.3. The van der Waals surface area contributed by atoms with Crippen LogP contribution in [0.1, 0.15) is 56.2 Å². The Labute approximate surface area is 159 Å². The first kappa shape index (κ1) is 22.6. The molecule has 0 heterocycles. The number of hydrogen-bond donors (Lipinski definition) is 2. The molecule has 1 rings (SSSR count). The molecule has 0 unspecified atom stereocenters. The Hall–Kier alpha value is -1.47. The summed E-state index contributed by atoms with van der Waals surface area (Å²) in [6.07, 6.45) is 3.36. The first-order chi connectivity index (χ1) is 12.3. The highest BCUT2D eigenvalue weighted by atomic mass is 16.5. The van der Waals surface area contributed by atoms with Crippen LogP contribution in [0.2, 0.25) is 0 Å². The van der Waals surface area contributed by atoms with Gasteiger partial charge in [-0.1, -0.05) is 13.8 Å². The maximum Gasteiger partial charge on any atom is 0.246 e. The molecule has 2 amide bonds. The second kappa shape index (κ2) is 12.0. The highest BCUT2D eigenvalue weighted by Crippen LogP contribution is 2.27. The van der Waals surface area contributed by atoms with Crippen molar-refractivity contribution in [2.45, 2.75) is 65.5 Å². The number of nitrogens with one attached hydrogen (secondary N) is 2. The molecule has 1 saturated carbocycles. The molecule has 26 heavy (non-hydrogen) atoms. The average molecular weight is 375 g/mol. The summed E-state index contributed by atoms with van der Waals surface area (Å²) < 4.78 is 10.5. The van der Waals surface area contributed by atoms with Gasteiger partial charge in [-0.25, -0.2) is 0 Å². The molecular formula is C19H38N2O5. The minimum absolute atomic E-state index is 0. The molecule has 1 aliphatic rings. The van der Waals surface area contributed by atoms with Gasteiger partial charge in [0.1, 0.15) is 19.0 Å². The lowest BCUT2D eigenvalue weighted by molar-refractivity contribution is -0.127. The molecule has 7 heteroatoms. The summed E-state index contributed by atoms with van der Waals surface area (Å²) >= 11 is 0. The standard InChI is InChI=1S/C19H34N2O5.2H2/c1-13(2)19(24)15-5-7-16(8-6-15)21-18(23)11-25-10-9-20-17(22)12-26-14(3)4;;/h13-16H,5-12H2,1-4H3,(H,20,22)(H,21,23);2*1H. The lowest BCUT2D eigenvalue weighted by Gasteiger charge is -2.29. The summed E-state index contributed by atoms with van der Waals surface area (Å²) in [5.74, 6) is 0.205. The van der Waals surface area contributed by atoms with Gasteiger partial charge in [0, 0.05) is 27.3 Å². The van der Waals surface area contributed by atoms with Crippen LogP contribution >= 0.6 is 0 Å². The van der Waals surface area contributed by atoms with Crippen LogP contribution in [0.3, 0.4) is 0 Å². The van der Waals surface area contributed by atoms with E-state index in [9.17, 15) is 14.4 Å². The first-order valence-corrected chi connectivity index (χ1v) is 9.58. The molecule has 1 fully saturated rings. The molecule has 0 spiro atoms. The van der Waals surface area contributed by atoms with Crippen molar-refractivity contribution in [3.05, 3.63) is 0 Å². The molecule has 0 atom stereocenters. The van der Waals surface area contributed by atoms with Crippen molar-refractivity contribution < 1.29 is 26.7 Å². The number of amides is 2. The van der Waals surface area contributed by atoms with E-state index in [0.29, 0.717) is 12.3 Å². The van der Waals surface area contributed by atoms with Gasteiger partial charge in [0.05, 0.1) is 12.7 Å². The molecule has 0 saturated heterocycles. The van der Waals surface area contributed by atoms with E-state index in [-0.39, 0.29) is 58.5 Å². The molecule has 0 aromatic heterocycles. The number of Topliss-reactive ketones (excluding diaryl/α,β-unsaturated/α-hetero) is 1. The largest absolute Gasteiger partial charge is 0.370 e. The minimum atomic E-state index is -0.195. The van der Waals surface area contributed by atoms with Gasteiger partial charge >= 0.3 is 0 Å². The molecule has 0 aliphatic heterocycles. The van der Waals surface area contributed by atoms with Crippen molar-refractivity contribution in [1.29, 1.82) is 0 Å². The van der Waals surface area contributed by atoms with Crippen molar-refractivity contribution in [2.24, 2.45) is 11.8 Å². The third kappa shape index (κ3) is 9.29. The highest BCUT2D eigenvalue weighted by molar-refractivity contribution is 5.83. The Bertz CT molecular complexity index is 467. The summed E-state index contributed by atoms with van der Waals surface area (Å²) in [5.41, 5.74) is 0. The molecule has 0 bridgehead atoms. The van der Waals surface area contributed by atoms with Crippen LogP contribution in [0.15, 0.2) is 0 Å². The molecule has 1 aliphatic carbocycles. The fourth-order valence-corrected chi connectivity index (χ4v) is 2.98. The van der Waals surface area contributed by atoms with E-state index in [2.05, 4.69) is 10.6 Å². The minimum Gasteiger partial charge on any atom is -0.370 e. The second-order valence-electron chi connectivity index (χ2n) is 7.44. The molecule has 0 aromatic carbocycles. The SMILES string of the molecule is CC(C)OCC(=O)NCCOCC(=O)NC1CCC(C(=O)C(C)C)CC1.[HH].[HH]. The Balaban J connectivity index is 0. The van der Waals surface area contributed by atoms with Crippen LogP contribution in [-0.2, 0) is 23.9 Å². The summed E-state index contributed by atoms with van der Waals surface area (Å²) in [5, 5.41) is 5.62. The van der Waals surface area contributed by atoms with E-state index in [1.165, 1.54) is 0 Å². The molecular weight excluding hydrogens is 336 g/mol. The quantitative estimate of drug-likeness (QED) is 0.539. The average Bonchev–Trinajstić information content (AvgIpc) is 2.59. The Morgan fingerprint density at radius 3 is 2.23 bits per heavy atom. The topological polar surface area (TPSA) is 93.7 Å². The highest BCUT2D eigenvalue weighted by Gasteiger charge is 2.28. The third-order valence-electron chi connectivity index (χ3n) is 4.41. The van der Waals surface area contributed by atoms with Crippen molar-refractivity contribution in [1.82, 2.24) is 10.6 Å². The maximum absolute atomic E-state index is 12.0. The maximum atomic E-state index is 12.0. The van der Waals surface area contributed by atoms with Crippen LogP contribution in [0, 0.1) is 11.8 Å². The van der Waals surface area contributed by atoms with Crippen LogP contribution < -0.4 is 10.6 Å². The van der Waals surface area contributed by atoms with E-state index < -0.39 is 0 Å². The first-order valence-electron chi connectivity index (χ1n) is 9.58. The predicted molar refractivity (Wildman–Crippen MR) is 103 cm³/mol. The van der Waals surface area contributed by atoms with E-state index >= 15 is 0 Å². The van der Waals surface area contributed by atoms with E-state index in [4.69, 9.17) is 9.47 Å². The zero-order valence-electron chi connectivity index (χ0n) is 16.5. The predicted octanol–water partition coefficient (Wildman–Crippen LogP) is 1.94. The Morgan fingerprint density at radius 2 is 1.65 bits per heavy atom. The van der Waals surface area contributed by atoms with E-state index in [1.807, 2.05) is 27.7 Å². The van der Waals surface area contributed by atoms with E-state index in [1.54, 1.807) is 0 Å². The van der Waals surface area contributed by atoms with Gasteiger partial charge in [0.15, 0.2) is 0 Å².